The molecule has 18 heavy (non-hydrogen) atoms. The van der Waals surface area contributed by atoms with Crippen LogP contribution < -0.4 is 0 Å². The maximum Gasteiger partial charge on any atom is 0.410 e. The summed E-state index contributed by atoms with van der Waals surface area (Å²) in [6, 6.07) is 10.1. The Bertz CT molecular complexity index is 383. The van der Waals surface area contributed by atoms with Crippen molar-refractivity contribution >= 4 is 22.0 Å². The summed E-state index contributed by atoms with van der Waals surface area (Å²) in [5.41, 5.74) is 1.03. The summed E-state index contributed by atoms with van der Waals surface area (Å²) in [4.78, 5) is 13.9. The molecule has 1 fully saturated rings. The van der Waals surface area contributed by atoms with Crippen molar-refractivity contribution < 1.29 is 9.53 Å². The molecule has 1 saturated heterocycles. The predicted octanol–water partition coefficient (Wildman–Crippen LogP) is 3.57. The molecule has 0 saturated carbocycles. The molecular formula is C14H18BrNO2. The van der Waals surface area contributed by atoms with E-state index in [9.17, 15) is 4.79 Å². The first kappa shape index (κ1) is 13.4. The van der Waals surface area contributed by atoms with Gasteiger partial charge >= 0.3 is 6.09 Å². The van der Waals surface area contributed by atoms with E-state index < -0.39 is 0 Å². The lowest BCUT2D eigenvalue weighted by molar-refractivity contribution is 0.0733. The van der Waals surface area contributed by atoms with Crippen molar-refractivity contribution in [3.05, 3.63) is 35.9 Å². The lowest BCUT2D eigenvalue weighted by Crippen LogP contribution is -2.44. The minimum Gasteiger partial charge on any atom is -0.445 e. The van der Waals surface area contributed by atoms with Gasteiger partial charge in [0.2, 0.25) is 0 Å². The van der Waals surface area contributed by atoms with Crippen molar-refractivity contribution in [2.75, 3.05) is 11.9 Å². The highest BCUT2D eigenvalue weighted by atomic mass is 79.9. The molecule has 1 heterocycles. The van der Waals surface area contributed by atoms with Crippen LogP contribution >= 0.6 is 15.9 Å². The summed E-state index contributed by atoms with van der Waals surface area (Å²) in [5, 5.41) is 0.827. The van der Waals surface area contributed by atoms with Gasteiger partial charge in [-0.2, -0.15) is 0 Å². The molecule has 0 aromatic heterocycles. The maximum atomic E-state index is 12.0. The van der Waals surface area contributed by atoms with Crippen molar-refractivity contribution in [1.82, 2.24) is 4.90 Å². The van der Waals surface area contributed by atoms with Gasteiger partial charge in [0.1, 0.15) is 6.61 Å². The number of hydrogen-bond acceptors (Lipinski definition) is 2. The normalized spacial score (nSPS) is 19.6. The van der Waals surface area contributed by atoms with E-state index in [1.165, 1.54) is 6.42 Å². The van der Waals surface area contributed by atoms with E-state index in [2.05, 4.69) is 15.9 Å². The standard InChI is InChI=1S/C14H18BrNO2/c15-10-13-8-4-5-9-16(13)14(17)18-11-12-6-2-1-3-7-12/h1-3,6-7,13H,4-5,8-11H2. The van der Waals surface area contributed by atoms with E-state index in [-0.39, 0.29) is 12.1 Å². The Hall–Kier alpha value is -1.03. The fourth-order valence-electron chi connectivity index (χ4n) is 2.20. The van der Waals surface area contributed by atoms with Crippen LogP contribution in [0.2, 0.25) is 0 Å². The van der Waals surface area contributed by atoms with Crippen molar-refractivity contribution in [3.8, 4) is 0 Å². The summed E-state index contributed by atoms with van der Waals surface area (Å²) in [5.74, 6) is 0. The molecule has 1 aliphatic rings. The van der Waals surface area contributed by atoms with Crippen LogP contribution in [-0.2, 0) is 11.3 Å². The average molecular weight is 312 g/mol. The Kier molecular flexibility index (Phi) is 5.05. The van der Waals surface area contributed by atoms with Crippen LogP contribution in [0.4, 0.5) is 4.79 Å². The highest BCUT2D eigenvalue weighted by molar-refractivity contribution is 9.09. The molecule has 4 heteroatoms. The van der Waals surface area contributed by atoms with Gasteiger partial charge in [0.25, 0.3) is 0 Å². The van der Waals surface area contributed by atoms with E-state index in [4.69, 9.17) is 4.74 Å². The molecule has 1 aromatic carbocycles. The molecule has 3 nitrogen and oxygen atoms in total. The number of rotatable bonds is 3. The minimum absolute atomic E-state index is 0.192. The number of halogens is 1. The van der Waals surface area contributed by atoms with Gasteiger partial charge in [0.15, 0.2) is 0 Å². The Balaban J connectivity index is 1.87. The fourth-order valence-corrected chi connectivity index (χ4v) is 2.88. The van der Waals surface area contributed by atoms with Crippen LogP contribution in [-0.4, -0.2) is 28.9 Å². The lowest BCUT2D eigenvalue weighted by atomic mass is 10.0. The number of benzene rings is 1. The Morgan fingerprint density at radius 2 is 2.11 bits per heavy atom. The van der Waals surface area contributed by atoms with Crippen LogP contribution in [0.15, 0.2) is 30.3 Å². The number of likely N-dealkylation sites (tertiary alicyclic amines) is 1. The molecule has 0 radical (unpaired) electrons. The topological polar surface area (TPSA) is 29.5 Å². The molecular weight excluding hydrogens is 294 g/mol. The average Bonchev–Trinajstić information content (AvgIpc) is 2.45. The van der Waals surface area contributed by atoms with E-state index >= 15 is 0 Å². The minimum atomic E-state index is -0.192. The summed E-state index contributed by atoms with van der Waals surface area (Å²) >= 11 is 3.47. The molecule has 1 aliphatic heterocycles. The van der Waals surface area contributed by atoms with Crippen molar-refractivity contribution in [3.63, 3.8) is 0 Å². The maximum absolute atomic E-state index is 12.0. The third-order valence-corrected chi connectivity index (χ3v) is 3.99. The quantitative estimate of drug-likeness (QED) is 0.799. The van der Waals surface area contributed by atoms with Gasteiger partial charge in [-0.15, -0.1) is 0 Å². The van der Waals surface area contributed by atoms with Crippen LogP contribution in [0.25, 0.3) is 0 Å². The number of carbonyl (C=O) groups excluding carboxylic acids is 1. The largest absolute Gasteiger partial charge is 0.445 e. The molecule has 1 amide bonds. The van der Waals surface area contributed by atoms with Gasteiger partial charge in [-0.3, -0.25) is 0 Å². The van der Waals surface area contributed by atoms with Crippen LogP contribution in [0.5, 0.6) is 0 Å². The molecule has 1 unspecified atom stereocenters. The van der Waals surface area contributed by atoms with Crippen LogP contribution in [0.1, 0.15) is 24.8 Å². The zero-order valence-corrected chi connectivity index (χ0v) is 11.9. The second-order valence-electron chi connectivity index (χ2n) is 4.54. The number of alkyl halides is 1. The number of carbonyl (C=O) groups is 1. The number of amides is 1. The highest BCUT2D eigenvalue weighted by Crippen LogP contribution is 2.19. The number of ether oxygens (including phenoxy) is 1. The van der Waals surface area contributed by atoms with E-state index in [1.807, 2.05) is 35.2 Å². The molecule has 2 rings (SSSR count). The monoisotopic (exact) mass is 311 g/mol. The van der Waals surface area contributed by atoms with Crippen molar-refractivity contribution in [2.24, 2.45) is 0 Å². The van der Waals surface area contributed by atoms with Crippen LogP contribution in [0.3, 0.4) is 0 Å². The Labute approximate surface area is 116 Å². The lowest BCUT2D eigenvalue weighted by Gasteiger charge is -2.33. The molecule has 0 bridgehead atoms. The molecule has 0 spiro atoms. The first-order valence-electron chi connectivity index (χ1n) is 6.34. The molecule has 1 aromatic rings. The first-order chi connectivity index (χ1) is 8.81. The predicted molar refractivity (Wildman–Crippen MR) is 74.8 cm³/mol. The third-order valence-electron chi connectivity index (χ3n) is 3.24. The third kappa shape index (κ3) is 3.48. The zero-order chi connectivity index (χ0) is 12.8. The van der Waals surface area contributed by atoms with E-state index in [0.717, 1.165) is 30.3 Å². The summed E-state index contributed by atoms with van der Waals surface area (Å²) < 4.78 is 5.37. The van der Waals surface area contributed by atoms with Gasteiger partial charge in [0, 0.05) is 17.9 Å². The van der Waals surface area contributed by atoms with Crippen molar-refractivity contribution in [2.45, 2.75) is 31.9 Å². The number of hydrogen-bond donors (Lipinski definition) is 0. The van der Waals surface area contributed by atoms with E-state index in [1.54, 1.807) is 0 Å². The fraction of sp³-hybridized carbons (Fsp3) is 0.500. The second-order valence-corrected chi connectivity index (χ2v) is 5.18. The molecule has 0 N–H and O–H groups in total. The van der Waals surface area contributed by atoms with Crippen LogP contribution in [0, 0.1) is 0 Å². The van der Waals surface area contributed by atoms with Crippen molar-refractivity contribution in [1.29, 1.82) is 0 Å². The number of nitrogens with zero attached hydrogens (tertiary/aromatic N) is 1. The summed E-state index contributed by atoms with van der Waals surface area (Å²) in [6.45, 7) is 1.16. The zero-order valence-electron chi connectivity index (χ0n) is 10.3. The van der Waals surface area contributed by atoms with Gasteiger partial charge in [-0.1, -0.05) is 46.3 Å². The summed E-state index contributed by atoms with van der Waals surface area (Å²) in [6.07, 6.45) is 3.14. The van der Waals surface area contributed by atoms with E-state index in [0.29, 0.717) is 6.61 Å². The Morgan fingerprint density at radius 1 is 1.33 bits per heavy atom. The van der Waals surface area contributed by atoms with Gasteiger partial charge < -0.3 is 9.64 Å². The van der Waals surface area contributed by atoms with Gasteiger partial charge in [0.05, 0.1) is 0 Å². The SMILES string of the molecule is O=C(OCc1ccccc1)N1CCCCC1CBr. The highest BCUT2D eigenvalue weighted by Gasteiger charge is 2.26. The smallest absolute Gasteiger partial charge is 0.410 e. The molecule has 98 valence electrons. The first-order valence-corrected chi connectivity index (χ1v) is 7.46. The molecule has 1 atom stereocenters. The Morgan fingerprint density at radius 3 is 2.83 bits per heavy atom. The molecule has 0 aliphatic carbocycles. The number of piperidine rings is 1. The van der Waals surface area contributed by atoms with Gasteiger partial charge in [-0.05, 0) is 24.8 Å². The summed E-state index contributed by atoms with van der Waals surface area (Å²) in [7, 11) is 0. The second kappa shape index (κ2) is 6.78. The van der Waals surface area contributed by atoms with Gasteiger partial charge in [-0.25, -0.2) is 4.79 Å².